The highest BCUT2D eigenvalue weighted by atomic mass is 32.1. The molecule has 0 spiro atoms. The van der Waals surface area contributed by atoms with Crippen molar-refractivity contribution in [3.8, 4) is 11.1 Å². The Bertz CT molecular complexity index is 832. The van der Waals surface area contributed by atoms with Crippen LogP contribution < -0.4 is 0 Å². The third kappa shape index (κ3) is 2.64. The van der Waals surface area contributed by atoms with Crippen molar-refractivity contribution in [1.82, 2.24) is 14.9 Å². The zero-order chi connectivity index (χ0) is 15.8. The highest BCUT2D eigenvalue weighted by molar-refractivity contribution is 7.11. The zero-order valence-corrected chi connectivity index (χ0v) is 13.5. The lowest BCUT2D eigenvalue weighted by atomic mass is 10.0. The Balaban J connectivity index is 1.52. The summed E-state index contributed by atoms with van der Waals surface area (Å²) in [5.74, 6) is 0.0640. The van der Waals surface area contributed by atoms with Crippen molar-refractivity contribution in [1.29, 1.82) is 0 Å². The summed E-state index contributed by atoms with van der Waals surface area (Å²) in [7, 11) is 0. The average molecular weight is 321 g/mol. The Morgan fingerprint density at radius 3 is 2.43 bits per heavy atom. The normalized spacial score (nSPS) is 13.2. The van der Waals surface area contributed by atoms with E-state index in [1.54, 1.807) is 23.7 Å². The minimum absolute atomic E-state index is 0.0640. The minimum atomic E-state index is 0.0640. The molecule has 0 aliphatic carbocycles. The first-order valence-electron chi connectivity index (χ1n) is 7.45. The molecule has 0 atom stereocenters. The van der Waals surface area contributed by atoms with E-state index in [1.165, 1.54) is 4.88 Å². The van der Waals surface area contributed by atoms with Gasteiger partial charge in [-0.2, -0.15) is 0 Å². The van der Waals surface area contributed by atoms with Gasteiger partial charge < -0.3 is 4.90 Å². The highest BCUT2D eigenvalue weighted by Crippen LogP contribution is 2.29. The fourth-order valence-electron chi connectivity index (χ4n) is 2.85. The molecule has 0 bridgehead atoms. The smallest absolute Gasteiger partial charge is 0.254 e. The van der Waals surface area contributed by atoms with Gasteiger partial charge >= 0.3 is 0 Å². The summed E-state index contributed by atoms with van der Waals surface area (Å²) in [6.45, 7) is 3.30. The van der Waals surface area contributed by atoms with Gasteiger partial charge in [0.15, 0.2) is 0 Å². The maximum Gasteiger partial charge on any atom is 0.254 e. The van der Waals surface area contributed by atoms with Gasteiger partial charge in [0.2, 0.25) is 0 Å². The summed E-state index contributed by atoms with van der Waals surface area (Å²) in [5.41, 5.74) is 3.95. The fraction of sp³-hybridized carbons (Fsp3) is 0.167. The van der Waals surface area contributed by atoms with Gasteiger partial charge in [0, 0.05) is 22.8 Å². The number of nitrogens with zero attached hydrogens (tertiary/aromatic N) is 3. The predicted octanol–water partition coefficient (Wildman–Crippen LogP) is 3.67. The van der Waals surface area contributed by atoms with Crippen molar-refractivity contribution >= 4 is 17.2 Å². The molecule has 1 aliphatic rings. The van der Waals surface area contributed by atoms with E-state index in [-0.39, 0.29) is 5.91 Å². The van der Waals surface area contributed by atoms with Crippen molar-refractivity contribution in [2.45, 2.75) is 20.0 Å². The number of aryl methyl sites for hydroxylation is 1. The van der Waals surface area contributed by atoms with Crippen LogP contribution in [0.1, 0.15) is 25.9 Å². The van der Waals surface area contributed by atoms with E-state index >= 15 is 0 Å². The van der Waals surface area contributed by atoms with E-state index < -0.39 is 0 Å². The van der Waals surface area contributed by atoms with Crippen molar-refractivity contribution in [2.75, 3.05) is 0 Å². The number of benzene rings is 1. The third-order valence-electron chi connectivity index (χ3n) is 3.99. The lowest BCUT2D eigenvalue weighted by molar-refractivity contribution is 0.0751. The lowest BCUT2D eigenvalue weighted by Crippen LogP contribution is -2.25. The van der Waals surface area contributed by atoms with E-state index in [1.807, 2.05) is 48.2 Å². The number of thiazole rings is 1. The molecule has 0 saturated heterocycles. The molecule has 0 radical (unpaired) electrons. The Labute approximate surface area is 138 Å². The fourth-order valence-corrected chi connectivity index (χ4v) is 3.81. The highest BCUT2D eigenvalue weighted by Gasteiger charge is 2.27. The second kappa shape index (κ2) is 5.59. The number of pyridine rings is 1. The number of aromatic nitrogens is 2. The monoisotopic (exact) mass is 321 g/mol. The molecular weight excluding hydrogens is 306 g/mol. The van der Waals surface area contributed by atoms with Crippen LogP contribution in [0.3, 0.4) is 0 Å². The standard InChI is InChI=1S/C18H15N3OS/c1-12-20-16-10-21(11-17(16)23-12)18(22)15-4-2-13(3-5-15)14-6-8-19-9-7-14/h2-9H,10-11H2,1H3. The SMILES string of the molecule is Cc1nc2c(s1)CN(C(=O)c1ccc(-c3ccncc3)cc1)C2. The van der Waals surface area contributed by atoms with Crippen LogP contribution in [0.2, 0.25) is 0 Å². The van der Waals surface area contributed by atoms with Crippen molar-refractivity contribution in [3.05, 3.63) is 69.9 Å². The maximum atomic E-state index is 12.6. The Hall–Kier alpha value is -2.53. The van der Waals surface area contributed by atoms with Gasteiger partial charge in [-0.05, 0) is 42.3 Å². The van der Waals surface area contributed by atoms with Crippen LogP contribution in [0.15, 0.2) is 48.8 Å². The number of hydrogen-bond acceptors (Lipinski definition) is 4. The summed E-state index contributed by atoms with van der Waals surface area (Å²) in [6.07, 6.45) is 3.54. The summed E-state index contributed by atoms with van der Waals surface area (Å²) >= 11 is 1.68. The van der Waals surface area contributed by atoms with Gasteiger partial charge in [-0.1, -0.05) is 12.1 Å². The first kappa shape index (κ1) is 14.1. The molecule has 1 aliphatic heterocycles. The van der Waals surface area contributed by atoms with Crippen molar-refractivity contribution < 1.29 is 4.79 Å². The van der Waals surface area contributed by atoms with Crippen LogP contribution in [0.5, 0.6) is 0 Å². The molecule has 23 heavy (non-hydrogen) atoms. The lowest BCUT2D eigenvalue weighted by Gasteiger charge is -2.15. The second-order valence-corrected chi connectivity index (χ2v) is 6.86. The molecule has 3 heterocycles. The van der Waals surface area contributed by atoms with E-state index in [0.717, 1.165) is 27.4 Å². The molecular formula is C18H15N3OS. The van der Waals surface area contributed by atoms with Crippen molar-refractivity contribution in [2.24, 2.45) is 0 Å². The first-order chi connectivity index (χ1) is 11.2. The van der Waals surface area contributed by atoms with Gasteiger partial charge in [0.25, 0.3) is 5.91 Å². The maximum absolute atomic E-state index is 12.6. The topological polar surface area (TPSA) is 46.1 Å². The number of carbonyl (C=O) groups is 1. The Morgan fingerprint density at radius 2 is 1.74 bits per heavy atom. The zero-order valence-electron chi connectivity index (χ0n) is 12.7. The largest absolute Gasteiger partial charge is 0.327 e. The van der Waals surface area contributed by atoms with Crippen LogP contribution in [-0.2, 0) is 13.1 Å². The summed E-state index contributed by atoms with van der Waals surface area (Å²) in [4.78, 5) is 24.2. The van der Waals surface area contributed by atoms with Crippen LogP contribution >= 0.6 is 11.3 Å². The molecule has 0 saturated carbocycles. The number of fused-ring (bicyclic) bond motifs is 1. The molecule has 114 valence electrons. The molecule has 0 N–H and O–H groups in total. The summed E-state index contributed by atoms with van der Waals surface area (Å²) in [6, 6.07) is 11.7. The number of carbonyl (C=O) groups excluding carboxylic acids is 1. The predicted molar refractivity (Wildman–Crippen MR) is 90.1 cm³/mol. The van der Waals surface area contributed by atoms with Gasteiger partial charge in [-0.3, -0.25) is 9.78 Å². The second-order valence-electron chi connectivity index (χ2n) is 5.58. The van der Waals surface area contributed by atoms with Crippen LogP contribution in [0.25, 0.3) is 11.1 Å². The molecule has 5 heteroatoms. The average Bonchev–Trinajstić information content (AvgIpc) is 3.12. The van der Waals surface area contributed by atoms with Crippen LogP contribution in [-0.4, -0.2) is 20.8 Å². The van der Waals surface area contributed by atoms with E-state index in [0.29, 0.717) is 13.1 Å². The van der Waals surface area contributed by atoms with Gasteiger partial charge in [0.05, 0.1) is 23.8 Å². The first-order valence-corrected chi connectivity index (χ1v) is 8.27. The molecule has 0 fully saturated rings. The third-order valence-corrected chi connectivity index (χ3v) is 4.99. The molecule has 0 unspecified atom stereocenters. The molecule has 3 aromatic rings. The number of hydrogen-bond donors (Lipinski definition) is 0. The molecule has 2 aromatic heterocycles. The Morgan fingerprint density at radius 1 is 1.04 bits per heavy atom. The molecule has 1 aromatic carbocycles. The van der Waals surface area contributed by atoms with Gasteiger partial charge in [0.1, 0.15) is 0 Å². The van der Waals surface area contributed by atoms with E-state index in [4.69, 9.17) is 0 Å². The van der Waals surface area contributed by atoms with Crippen molar-refractivity contribution in [3.63, 3.8) is 0 Å². The summed E-state index contributed by atoms with van der Waals surface area (Å²) < 4.78 is 0. The van der Waals surface area contributed by atoms with Crippen LogP contribution in [0.4, 0.5) is 0 Å². The number of amides is 1. The van der Waals surface area contributed by atoms with E-state index in [2.05, 4.69) is 9.97 Å². The van der Waals surface area contributed by atoms with E-state index in [9.17, 15) is 4.79 Å². The molecule has 4 nitrogen and oxygen atoms in total. The Kier molecular flexibility index (Phi) is 3.42. The quantitative estimate of drug-likeness (QED) is 0.723. The summed E-state index contributed by atoms with van der Waals surface area (Å²) in [5, 5.41) is 1.07. The molecule has 4 rings (SSSR count). The minimum Gasteiger partial charge on any atom is -0.327 e. The van der Waals surface area contributed by atoms with Gasteiger partial charge in [-0.15, -0.1) is 11.3 Å². The van der Waals surface area contributed by atoms with Crippen LogP contribution in [0, 0.1) is 6.92 Å². The number of rotatable bonds is 2. The van der Waals surface area contributed by atoms with Gasteiger partial charge in [-0.25, -0.2) is 4.98 Å². The molecule has 1 amide bonds.